The fourth-order valence-corrected chi connectivity index (χ4v) is 2.86. The molecule has 2 unspecified atom stereocenters. The third kappa shape index (κ3) is 3.39. The smallest absolute Gasteiger partial charge is 0.252 e. The first kappa shape index (κ1) is 14.2. The summed E-state index contributed by atoms with van der Waals surface area (Å²) in [5.74, 6) is 0.450. The molecule has 0 saturated heterocycles. The molecular formula is C14H19ClN2O2. The van der Waals surface area contributed by atoms with Crippen LogP contribution in [-0.4, -0.2) is 24.2 Å². The lowest BCUT2D eigenvalue weighted by molar-refractivity contribution is 0.0938. The van der Waals surface area contributed by atoms with E-state index >= 15 is 0 Å². The second-order valence-corrected chi connectivity index (χ2v) is 5.49. The monoisotopic (exact) mass is 282 g/mol. The molecule has 1 aliphatic rings. The van der Waals surface area contributed by atoms with Gasteiger partial charge in [-0.2, -0.15) is 0 Å². The largest absolute Gasteiger partial charge is 0.399 e. The number of carbonyl (C=O) groups excluding carboxylic acids is 1. The second kappa shape index (κ2) is 6.26. The summed E-state index contributed by atoms with van der Waals surface area (Å²) >= 11 is 5.99. The number of aliphatic hydroxyl groups is 1. The quantitative estimate of drug-likeness (QED) is 0.740. The van der Waals surface area contributed by atoms with Crippen LogP contribution in [0.15, 0.2) is 18.2 Å². The summed E-state index contributed by atoms with van der Waals surface area (Å²) in [4.78, 5) is 12.1. The molecule has 104 valence electrons. The highest BCUT2D eigenvalue weighted by Gasteiger charge is 2.27. The first-order valence-electron chi connectivity index (χ1n) is 6.56. The standard InChI is InChI=1S/C14H19ClN2O2/c15-13-5-4-11(16)6-12(13)14(19)17-7-9-2-1-3-10(9)8-18/h4-6,9-10,18H,1-3,7-8,16H2,(H,17,19). The predicted molar refractivity (Wildman–Crippen MR) is 76.1 cm³/mol. The van der Waals surface area contributed by atoms with E-state index in [0.717, 1.165) is 19.3 Å². The fraction of sp³-hybridized carbons (Fsp3) is 0.500. The van der Waals surface area contributed by atoms with Gasteiger partial charge in [0, 0.05) is 18.8 Å². The topological polar surface area (TPSA) is 75.4 Å². The van der Waals surface area contributed by atoms with Crippen molar-refractivity contribution < 1.29 is 9.90 Å². The molecule has 0 radical (unpaired) electrons. The highest BCUT2D eigenvalue weighted by Crippen LogP contribution is 2.30. The maximum Gasteiger partial charge on any atom is 0.252 e. The molecule has 1 fully saturated rings. The molecule has 1 aromatic carbocycles. The molecule has 0 aliphatic heterocycles. The number of rotatable bonds is 4. The van der Waals surface area contributed by atoms with Gasteiger partial charge in [0.05, 0.1) is 10.6 Å². The number of nitrogens with two attached hydrogens (primary N) is 1. The molecule has 0 heterocycles. The van der Waals surface area contributed by atoms with Gasteiger partial charge >= 0.3 is 0 Å². The second-order valence-electron chi connectivity index (χ2n) is 5.08. The molecule has 1 saturated carbocycles. The van der Waals surface area contributed by atoms with Gasteiger partial charge in [-0.1, -0.05) is 18.0 Å². The molecule has 1 aromatic rings. The maximum atomic E-state index is 12.1. The lowest BCUT2D eigenvalue weighted by atomic mass is 9.97. The van der Waals surface area contributed by atoms with E-state index in [2.05, 4.69) is 5.32 Å². The van der Waals surface area contributed by atoms with Crippen LogP contribution in [0.1, 0.15) is 29.6 Å². The zero-order valence-electron chi connectivity index (χ0n) is 10.7. The van der Waals surface area contributed by atoms with E-state index in [1.54, 1.807) is 18.2 Å². The van der Waals surface area contributed by atoms with Gasteiger partial charge in [-0.15, -0.1) is 0 Å². The summed E-state index contributed by atoms with van der Waals surface area (Å²) in [6, 6.07) is 4.87. The van der Waals surface area contributed by atoms with Gasteiger partial charge in [0.25, 0.3) is 5.91 Å². The molecule has 1 aliphatic carbocycles. The number of nitrogen functional groups attached to an aromatic ring is 1. The zero-order valence-corrected chi connectivity index (χ0v) is 11.5. The molecule has 5 heteroatoms. The van der Waals surface area contributed by atoms with E-state index in [1.165, 1.54) is 0 Å². The number of amides is 1. The number of halogens is 1. The normalized spacial score (nSPS) is 22.4. The molecular weight excluding hydrogens is 264 g/mol. The van der Waals surface area contributed by atoms with E-state index in [0.29, 0.717) is 34.7 Å². The average molecular weight is 283 g/mol. The van der Waals surface area contributed by atoms with Crippen LogP contribution in [0.3, 0.4) is 0 Å². The number of hydrogen-bond acceptors (Lipinski definition) is 3. The molecule has 0 spiro atoms. The van der Waals surface area contributed by atoms with Crippen LogP contribution in [0.5, 0.6) is 0 Å². The number of aliphatic hydroxyl groups excluding tert-OH is 1. The molecule has 19 heavy (non-hydrogen) atoms. The van der Waals surface area contributed by atoms with Crippen molar-refractivity contribution in [2.75, 3.05) is 18.9 Å². The van der Waals surface area contributed by atoms with Crippen molar-refractivity contribution >= 4 is 23.2 Å². The van der Waals surface area contributed by atoms with Crippen molar-refractivity contribution in [3.8, 4) is 0 Å². The molecule has 0 aromatic heterocycles. The first-order chi connectivity index (χ1) is 9.11. The van der Waals surface area contributed by atoms with E-state index < -0.39 is 0 Å². The average Bonchev–Trinajstić information content (AvgIpc) is 2.86. The van der Waals surface area contributed by atoms with Crippen molar-refractivity contribution in [3.63, 3.8) is 0 Å². The summed E-state index contributed by atoms with van der Waals surface area (Å²) < 4.78 is 0. The van der Waals surface area contributed by atoms with Gasteiger partial charge in [-0.3, -0.25) is 4.79 Å². The zero-order chi connectivity index (χ0) is 13.8. The molecule has 1 amide bonds. The highest BCUT2D eigenvalue weighted by molar-refractivity contribution is 6.34. The molecule has 4 nitrogen and oxygen atoms in total. The third-order valence-electron chi connectivity index (χ3n) is 3.81. The minimum Gasteiger partial charge on any atom is -0.399 e. The Kier molecular flexibility index (Phi) is 4.66. The van der Waals surface area contributed by atoms with Gasteiger partial charge in [0.1, 0.15) is 0 Å². The van der Waals surface area contributed by atoms with Crippen LogP contribution in [0.2, 0.25) is 5.02 Å². The first-order valence-corrected chi connectivity index (χ1v) is 6.93. The van der Waals surface area contributed by atoms with Crippen molar-refractivity contribution in [1.82, 2.24) is 5.32 Å². The van der Waals surface area contributed by atoms with E-state index in [9.17, 15) is 9.90 Å². The Bertz CT molecular complexity index is 465. The fourth-order valence-electron chi connectivity index (χ4n) is 2.66. The van der Waals surface area contributed by atoms with Gasteiger partial charge in [0.2, 0.25) is 0 Å². The Morgan fingerprint density at radius 2 is 2.16 bits per heavy atom. The Balaban J connectivity index is 1.96. The molecule has 4 N–H and O–H groups in total. The van der Waals surface area contributed by atoms with Crippen LogP contribution in [-0.2, 0) is 0 Å². The Morgan fingerprint density at radius 3 is 2.89 bits per heavy atom. The number of hydrogen-bond donors (Lipinski definition) is 3. The third-order valence-corrected chi connectivity index (χ3v) is 4.14. The van der Waals surface area contributed by atoms with Crippen LogP contribution >= 0.6 is 11.6 Å². The van der Waals surface area contributed by atoms with E-state index in [-0.39, 0.29) is 12.5 Å². The molecule has 2 rings (SSSR count). The summed E-state index contributed by atoms with van der Waals surface area (Å²) in [6.07, 6.45) is 3.21. The number of anilines is 1. The Hall–Kier alpha value is -1.26. The van der Waals surface area contributed by atoms with Crippen LogP contribution < -0.4 is 11.1 Å². The van der Waals surface area contributed by atoms with Crippen molar-refractivity contribution in [2.24, 2.45) is 11.8 Å². The minimum absolute atomic E-state index is 0.194. The minimum atomic E-state index is -0.208. The van der Waals surface area contributed by atoms with Gasteiger partial charge in [0.15, 0.2) is 0 Å². The van der Waals surface area contributed by atoms with E-state index in [4.69, 9.17) is 17.3 Å². The van der Waals surface area contributed by atoms with Crippen LogP contribution in [0, 0.1) is 11.8 Å². The van der Waals surface area contributed by atoms with Crippen molar-refractivity contribution in [3.05, 3.63) is 28.8 Å². The van der Waals surface area contributed by atoms with E-state index in [1.807, 2.05) is 0 Å². The number of carbonyl (C=O) groups is 1. The Labute approximate surface area is 117 Å². The van der Waals surface area contributed by atoms with Gasteiger partial charge in [-0.05, 0) is 42.9 Å². The maximum absolute atomic E-state index is 12.1. The number of benzene rings is 1. The summed E-state index contributed by atoms with van der Waals surface area (Å²) in [5.41, 5.74) is 6.58. The summed E-state index contributed by atoms with van der Waals surface area (Å²) in [7, 11) is 0. The lowest BCUT2D eigenvalue weighted by Crippen LogP contribution is -2.31. The Morgan fingerprint density at radius 1 is 1.42 bits per heavy atom. The molecule has 0 bridgehead atoms. The van der Waals surface area contributed by atoms with Crippen LogP contribution in [0.4, 0.5) is 5.69 Å². The highest BCUT2D eigenvalue weighted by atomic mass is 35.5. The predicted octanol–water partition coefficient (Wildman–Crippen LogP) is 2.06. The molecule has 2 atom stereocenters. The SMILES string of the molecule is Nc1ccc(Cl)c(C(=O)NCC2CCCC2CO)c1. The summed E-state index contributed by atoms with van der Waals surface area (Å²) in [5, 5.41) is 12.5. The summed E-state index contributed by atoms with van der Waals surface area (Å²) in [6.45, 7) is 0.773. The lowest BCUT2D eigenvalue weighted by Gasteiger charge is -2.18. The van der Waals surface area contributed by atoms with Gasteiger partial charge in [-0.25, -0.2) is 0 Å². The number of nitrogens with one attached hydrogen (secondary N) is 1. The van der Waals surface area contributed by atoms with Crippen LogP contribution in [0.25, 0.3) is 0 Å². The van der Waals surface area contributed by atoms with Crippen molar-refractivity contribution in [1.29, 1.82) is 0 Å². The van der Waals surface area contributed by atoms with Crippen molar-refractivity contribution in [2.45, 2.75) is 19.3 Å². The van der Waals surface area contributed by atoms with Gasteiger partial charge < -0.3 is 16.2 Å².